The number of hydrogen-bond donors (Lipinski definition) is 1. The third-order valence-corrected chi connectivity index (χ3v) is 8.26. The van der Waals surface area contributed by atoms with Crippen LogP contribution in [0.1, 0.15) is 79.6 Å². The number of carbonyl (C=O) groups is 4. The topological polar surface area (TPSA) is 80.3 Å². The monoisotopic (exact) mass is 389 g/mol. The summed E-state index contributed by atoms with van der Waals surface area (Å²) in [5.41, 5.74) is -1.32. The Hall–Kier alpha value is -1.52. The van der Waals surface area contributed by atoms with E-state index < -0.39 is 10.8 Å². The summed E-state index contributed by atoms with van der Waals surface area (Å²) in [6, 6.07) is 0.0802. The third kappa shape index (κ3) is 3.35. The van der Waals surface area contributed by atoms with E-state index >= 15 is 0 Å². The fraction of sp³-hybridized carbons (Fsp3) is 0.826. The van der Waals surface area contributed by atoms with Crippen LogP contribution in [-0.2, 0) is 19.2 Å². The van der Waals surface area contributed by atoms with E-state index in [0.717, 1.165) is 6.42 Å². The van der Waals surface area contributed by atoms with Gasteiger partial charge >= 0.3 is 0 Å². The largest absolute Gasteiger partial charge is 0.353 e. The Morgan fingerprint density at radius 1 is 1.07 bits per heavy atom. The van der Waals surface area contributed by atoms with Crippen LogP contribution in [-0.4, -0.2) is 29.3 Å². The number of rotatable bonds is 5. The molecule has 3 aliphatic rings. The Balaban J connectivity index is 1.78. The molecule has 0 aromatic heterocycles. The van der Waals surface area contributed by atoms with Gasteiger partial charge in [-0.25, -0.2) is 0 Å². The van der Waals surface area contributed by atoms with Crippen molar-refractivity contribution in [1.29, 1.82) is 0 Å². The Bertz CT molecular complexity index is 699. The molecule has 0 heterocycles. The predicted molar refractivity (Wildman–Crippen MR) is 106 cm³/mol. The van der Waals surface area contributed by atoms with E-state index in [0.29, 0.717) is 31.6 Å². The van der Waals surface area contributed by atoms with Crippen molar-refractivity contribution in [3.05, 3.63) is 0 Å². The first-order valence-corrected chi connectivity index (χ1v) is 10.9. The number of ketones is 3. The summed E-state index contributed by atoms with van der Waals surface area (Å²) in [6.07, 6.45) is 3.48. The maximum atomic E-state index is 13.2. The average molecular weight is 390 g/mol. The second-order valence-electron chi connectivity index (χ2n) is 10.2. The molecule has 5 unspecified atom stereocenters. The quantitative estimate of drug-likeness (QED) is 0.780. The molecule has 5 heteroatoms. The van der Waals surface area contributed by atoms with Crippen LogP contribution in [0.15, 0.2) is 0 Å². The van der Waals surface area contributed by atoms with E-state index in [-0.39, 0.29) is 59.9 Å². The molecule has 3 aliphatic carbocycles. The summed E-state index contributed by atoms with van der Waals surface area (Å²) in [7, 11) is 0. The molecule has 5 nitrogen and oxygen atoms in total. The molecule has 156 valence electrons. The zero-order valence-corrected chi connectivity index (χ0v) is 18.0. The summed E-state index contributed by atoms with van der Waals surface area (Å²) in [5, 5.41) is 3.00. The van der Waals surface area contributed by atoms with Crippen molar-refractivity contribution >= 4 is 23.3 Å². The molecule has 3 fully saturated rings. The van der Waals surface area contributed by atoms with E-state index in [1.165, 1.54) is 0 Å². The lowest BCUT2D eigenvalue weighted by molar-refractivity contribution is -0.160. The van der Waals surface area contributed by atoms with Crippen molar-refractivity contribution in [2.24, 2.45) is 34.5 Å². The van der Waals surface area contributed by atoms with Crippen LogP contribution in [0.2, 0.25) is 0 Å². The summed E-state index contributed by atoms with van der Waals surface area (Å²) >= 11 is 0. The van der Waals surface area contributed by atoms with Crippen molar-refractivity contribution in [1.82, 2.24) is 5.32 Å². The lowest BCUT2D eigenvalue weighted by atomic mass is 9.48. The molecule has 0 radical (unpaired) electrons. The lowest BCUT2D eigenvalue weighted by Gasteiger charge is -2.53. The van der Waals surface area contributed by atoms with Gasteiger partial charge in [0.25, 0.3) is 0 Å². The van der Waals surface area contributed by atoms with Gasteiger partial charge in [0.15, 0.2) is 0 Å². The molecular weight excluding hydrogens is 354 g/mol. The van der Waals surface area contributed by atoms with Crippen molar-refractivity contribution in [2.75, 3.05) is 0 Å². The maximum Gasteiger partial charge on any atom is 0.220 e. The number of carbonyl (C=O) groups excluding carboxylic acids is 4. The zero-order chi connectivity index (χ0) is 20.9. The summed E-state index contributed by atoms with van der Waals surface area (Å²) in [5.74, 6) is 0.630. The minimum Gasteiger partial charge on any atom is -0.353 e. The molecule has 0 aliphatic heterocycles. The van der Waals surface area contributed by atoms with Crippen molar-refractivity contribution in [3.8, 4) is 0 Å². The van der Waals surface area contributed by atoms with E-state index in [1.54, 1.807) is 0 Å². The average Bonchev–Trinajstić information content (AvgIpc) is 2.90. The zero-order valence-electron chi connectivity index (χ0n) is 18.0. The molecule has 0 aromatic rings. The highest BCUT2D eigenvalue weighted by Crippen LogP contribution is 2.60. The van der Waals surface area contributed by atoms with Crippen LogP contribution >= 0.6 is 0 Å². The van der Waals surface area contributed by atoms with Crippen molar-refractivity contribution in [3.63, 3.8) is 0 Å². The van der Waals surface area contributed by atoms with Gasteiger partial charge in [0.1, 0.15) is 17.3 Å². The van der Waals surface area contributed by atoms with E-state index in [4.69, 9.17) is 0 Å². The highest BCUT2D eigenvalue weighted by Gasteiger charge is 2.62. The molecule has 0 aromatic carbocycles. The molecule has 3 saturated carbocycles. The summed E-state index contributed by atoms with van der Waals surface area (Å²) in [6.45, 7) is 9.94. The van der Waals surface area contributed by atoms with Crippen molar-refractivity contribution in [2.45, 2.75) is 85.6 Å². The van der Waals surface area contributed by atoms with Crippen LogP contribution in [0.5, 0.6) is 0 Å². The standard InChI is InChI=1S/C23H35NO4/c1-13(2)14(3)24-20(28)10-11-22(4)18(26)8-6-15-16-7-9-19(27)23(16,5)12-17(25)21(15)22/h13-16,21H,6-12H2,1-5H3,(H,24,28)/t14?,15?,16?,21?,22-,23?/m0/s1. The number of hydrogen-bond acceptors (Lipinski definition) is 4. The molecule has 1 amide bonds. The van der Waals surface area contributed by atoms with Gasteiger partial charge in [-0.15, -0.1) is 0 Å². The lowest BCUT2D eigenvalue weighted by Crippen LogP contribution is -2.56. The second kappa shape index (κ2) is 7.38. The highest BCUT2D eigenvalue weighted by molar-refractivity contribution is 5.99. The van der Waals surface area contributed by atoms with E-state index in [9.17, 15) is 19.2 Å². The molecule has 1 N–H and O–H groups in total. The Morgan fingerprint density at radius 2 is 1.71 bits per heavy atom. The van der Waals surface area contributed by atoms with Crippen LogP contribution < -0.4 is 5.32 Å². The molecule has 3 rings (SSSR count). The first-order valence-electron chi connectivity index (χ1n) is 10.9. The number of nitrogens with one attached hydrogen (secondary N) is 1. The second-order valence-corrected chi connectivity index (χ2v) is 10.2. The van der Waals surface area contributed by atoms with Crippen LogP contribution in [0.25, 0.3) is 0 Å². The fourth-order valence-corrected chi connectivity index (χ4v) is 6.07. The van der Waals surface area contributed by atoms with E-state index in [1.807, 2.05) is 20.8 Å². The van der Waals surface area contributed by atoms with Gasteiger partial charge in [-0.3, -0.25) is 19.2 Å². The molecule has 0 spiro atoms. The fourth-order valence-electron chi connectivity index (χ4n) is 6.07. The van der Waals surface area contributed by atoms with Gasteiger partial charge in [-0.1, -0.05) is 27.7 Å². The molecule has 6 atom stereocenters. The van der Waals surface area contributed by atoms with Gasteiger partial charge in [0.05, 0.1) is 0 Å². The number of fused-ring (bicyclic) bond motifs is 3. The maximum absolute atomic E-state index is 13.2. The van der Waals surface area contributed by atoms with Crippen LogP contribution in [0.3, 0.4) is 0 Å². The molecule has 0 bridgehead atoms. The molecule has 0 saturated heterocycles. The SMILES string of the molecule is CC(C)C(C)NC(=O)CC[C@@]1(C)C(=O)CCC2C3CCC(=O)C3(C)CC(=O)C21. The van der Waals surface area contributed by atoms with Crippen LogP contribution in [0.4, 0.5) is 0 Å². The highest BCUT2D eigenvalue weighted by atomic mass is 16.2. The Kier molecular flexibility index (Phi) is 5.59. The third-order valence-electron chi connectivity index (χ3n) is 8.26. The number of amides is 1. The minimum atomic E-state index is -0.786. The van der Waals surface area contributed by atoms with Gasteiger partial charge < -0.3 is 5.32 Å². The van der Waals surface area contributed by atoms with Gasteiger partial charge in [-0.2, -0.15) is 0 Å². The predicted octanol–water partition coefficient (Wildman–Crippen LogP) is 3.49. The van der Waals surface area contributed by atoms with Crippen LogP contribution in [0, 0.1) is 34.5 Å². The Morgan fingerprint density at radius 3 is 2.36 bits per heavy atom. The van der Waals surface area contributed by atoms with E-state index in [2.05, 4.69) is 19.2 Å². The van der Waals surface area contributed by atoms with Crippen molar-refractivity contribution < 1.29 is 19.2 Å². The first kappa shape index (κ1) is 21.2. The minimum absolute atomic E-state index is 0.0542. The number of Topliss-reactive ketones (excluding diaryl/α,β-unsaturated/α-hetero) is 3. The smallest absolute Gasteiger partial charge is 0.220 e. The summed E-state index contributed by atoms with van der Waals surface area (Å²) in [4.78, 5) is 51.0. The van der Waals surface area contributed by atoms with Gasteiger partial charge in [-0.05, 0) is 43.9 Å². The summed E-state index contributed by atoms with van der Waals surface area (Å²) < 4.78 is 0. The normalized spacial score (nSPS) is 38.9. The Labute approximate surface area is 168 Å². The molecule has 28 heavy (non-hydrogen) atoms. The molecular formula is C23H35NO4. The van der Waals surface area contributed by atoms with Gasteiger partial charge in [0, 0.05) is 48.5 Å². The first-order chi connectivity index (χ1) is 13.0. The van der Waals surface area contributed by atoms with Gasteiger partial charge in [0.2, 0.25) is 5.91 Å².